The summed E-state index contributed by atoms with van der Waals surface area (Å²) in [7, 11) is 0. The molecule has 6 nitrogen and oxygen atoms in total. The van der Waals surface area contributed by atoms with Crippen LogP contribution in [0.25, 0.3) is 0 Å². The zero-order chi connectivity index (χ0) is 24.9. The molecule has 2 aromatic rings. The van der Waals surface area contributed by atoms with Crippen LogP contribution in [0.5, 0.6) is 0 Å². The van der Waals surface area contributed by atoms with Crippen LogP contribution in [0.3, 0.4) is 0 Å². The summed E-state index contributed by atoms with van der Waals surface area (Å²) in [5.41, 5.74) is -1.32. The Kier molecular flexibility index (Phi) is 8.08. The average molecular weight is 472 g/mol. The molecule has 0 radical (unpaired) electrons. The van der Waals surface area contributed by atoms with Gasteiger partial charge in [-0.3, -0.25) is 4.79 Å². The zero-order valence-corrected chi connectivity index (χ0v) is 20.3. The highest BCUT2D eigenvalue weighted by atomic mass is 19.1. The molecule has 1 aromatic carbocycles. The Morgan fingerprint density at radius 3 is 2.47 bits per heavy atom. The third kappa shape index (κ3) is 5.30. The van der Waals surface area contributed by atoms with Gasteiger partial charge in [-0.2, -0.15) is 4.39 Å². The normalized spacial score (nSPS) is 20.3. The second-order valence-electron chi connectivity index (χ2n) is 9.54. The fourth-order valence-corrected chi connectivity index (χ4v) is 4.99. The van der Waals surface area contributed by atoms with E-state index in [4.69, 9.17) is 9.47 Å². The van der Waals surface area contributed by atoms with Crippen LogP contribution in [-0.2, 0) is 36.7 Å². The van der Waals surface area contributed by atoms with Gasteiger partial charge in [-0.25, -0.2) is 9.78 Å². The Labute approximate surface area is 200 Å². The van der Waals surface area contributed by atoms with Crippen molar-refractivity contribution in [2.75, 3.05) is 0 Å². The summed E-state index contributed by atoms with van der Waals surface area (Å²) >= 11 is 0. The number of aliphatic hydroxyl groups is 1. The summed E-state index contributed by atoms with van der Waals surface area (Å²) in [4.78, 5) is 28.3. The molecule has 0 spiro atoms. The summed E-state index contributed by atoms with van der Waals surface area (Å²) < 4.78 is 25.5. The first-order valence-electron chi connectivity index (χ1n) is 11.9. The Morgan fingerprint density at radius 2 is 1.82 bits per heavy atom. The highest BCUT2D eigenvalue weighted by molar-refractivity contribution is 5.81. The van der Waals surface area contributed by atoms with E-state index >= 15 is 0 Å². The number of nitrogens with zero attached hydrogens (tertiary/aromatic N) is 1. The van der Waals surface area contributed by atoms with Crippen LogP contribution >= 0.6 is 0 Å². The molecule has 184 valence electrons. The molecule has 0 bridgehead atoms. The molecule has 1 N–H and O–H groups in total. The van der Waals surface area contributed by atoms with Crippen LogP contribution in [0.1, 0.15) is 76.5 Å². The van der Waals surface area contributed by atoms with Crippen molar-refractivity contribution in [3.8, 4) is 0 Å². The van der Waals surface area contributed by atoms with E-state index in [-0.39, 0.29) is 28.9 Å². The van der Waals surface area contributed by atoms with Gasteiger partial charge in [0, 0.05) is 24.6 Å². The standard InChI is InChI=1S/C27H34FNO5/c1-5-27(32,21-15-16-29-24(28)20(21)17-33-18(2)30)25(31)34-23-14-10-9-13-22(23)26(3,4)19-11-7-6-8-12-19/h6-8,11-12,15-16,22-23,32H,5,9-10,13-14,17H2,1-4H3/t22-,23-,27+/m1/s1. The maximum atomic E-state index is 14.5. The number of hydrogen-bond donors (Lipinski definition) is 1. The van der Waals surface area contributed by atoms with Crippen LogP contribution in [-0.4, -0.2) is 28.1 Å². The lowest BCUT2D eigenvalue weighted by molar-refractivity contribution is -0.179. The van der Waals surface area contributed by atoms with Gasteiger partial charge < -0.3 is 14.6 Å². The molecular weight excluding hydrogens is 437 g/mol. The first kappa shape index (κ1) is 25.8. The Morgan fingerprint density at radius 1 is 1.15 bits per heavy atom. The van der Waals surface area contributed by atoms with Gasteiger partial charge in [0.1, 0.15) is 12.7 Å². The van der Waals surface area contributed by atoms with Crippen molar-refractivity contribution in [1.82, 2.24) is 4.98 Å². The van der Waals surface area contributed by atoms with E-state index < -0.39 is 36.2 Å². The molecule has 0 aliphatic heterocycles. The maximum absolute atomic E-state index is 14.5. The largest absolute Gasteiger partial charge is 0.461 e. The van der Waals surface area contributed by atoms with Gasteiger partial charge in [-0.1, -0.05) is 57.5 Å². The molecule has 7 heteroatoms. The highest BCUT2D eigenvalue weighted by Gasteiger charge is 2.45. The molecule has 1 aliphatic rings. The number of carbonyl (C=O) groups excluding carboxylic acids is 2. The SMILES string of the molecule is CC[C@@](O)(C(=O)O[C@@H]1CCCC[C@H]1C(C)(C)c1ccccc1)c1ccnc(F)c1COC(C)=O. The minimum atomic E-state index is -2.10. The van der Waals surface area contributed by atoms with Gasteiger partial charge in [0.25, 0.3) is 0 Å². The van der Waals surface area contributed by atoms with E-state index in [1.54, 1.807) is 6.92 Å². The van der Waals surface area contributed by atoms with E-state index in [1.807, 2.05) is 18.2 Å². The number of pyridine rings is 1. The van der Waals surface area contributed by atoms with Crippen LogP contribution in [0.15, 0.2) is 42.6 Å². The monoisotopic (exact) mass is 471 g/mol. The van der Waals surface area contributed by atoms with E-state index in [0.717, 1.165) is 24.8 Å². The van der Waals surface area contributed by atoms with Crippen molar-refractivity contribution in [3.05, 3.63) is 65.2 Å². The summed E-state index contributed by atoms with van der Waals surface area (Å²) in [5, 5.41) is 11.5. The Balaban J connectivity index is 1.90. The van der Waals surface area contributed by atoms with Gasteiger partial charge in [-0.05, 0) is 42.7 Å². The topological polar surface area (TPSA) is 85.7 Å². The predicted octanol–water partition coefficient (Wildman–Crippen LogP) is 4.96. The molecule has 0 saturated heterocycles. The average Bonchev–Trinajstić information content (AvgIpc) is 2.83. The number of esters is 2. The smallest absolute Gasteiger partial charge is 0.343 e. The zero-order valence-electron chi connectivity index (χ0n) is 20.3. The van der Waals surface area contributed by atoms with Gasteiger partial charge >= 0.3 is 11.9 Å². The third-order valence-electron chi connectivity index (χ3n) is 7.12. The summed E-state index contributed by atoms with van der Waals surface area (Å²) in [6.45, 7) is 6.70. The van der Waals surface area contributed by atoms with Crippen molar-refractivity contribution >= 4 is 11.9 Å². The molecule has 1 heterocycles. The fraction of sp³-hybridized carbons (Fsp3) is 0.519. The van der Waals surface area contributed by atoms with Gasteiger partial charge in [0.05, 0.1) is 5.56 Å². The molecule has 0 amide bonds. The highest BCUT2D eigenvalue weighted by Crippen LogP contribution is 2.43. The maximum Gasteiger partial charge on any atom is 0.343 e. The van der Waals surface area contributed by atoms with Gasteiger partial charge in [0.15, 0.2) is 5.60 Å². The summed E-state index contributed by atoms with van der Waals surface area (Å²) in [6, 6.07) is 11.5. The lowest BCUT2D eigenvalue weighted by atomic mass is 9.66. The molecule has 34 heavy (non-hydrogen) atoms. The number of benzene rings is 1. The first-order chi connectivity index (χ1) is 16.1. The second kappa shape index (κ2) is 10.6. The quantitative estimate of drug-likeness (QED) is 0.433. The van der Waals surface area contributed by atoms with Crippen LogP contribution in [0.2, 0.25) is 0 Å². The van der Waals surface area contributed by atoms with Gasteiger partial charge in [-0.15, -0.1) is 0 Å². The number of rotatable bonds is 8. The minimum absolute atomic E-state index is 0.00318. The minimum Gasteiger partial charge on any atom is -0.461 e. The molecule has 3 rings (SSSR count). The van der Waals surface area contributed by atoms with E-state index in [9.17, 15) is 19.1 Å². The fourth-order valence-electron chi connectivity index (χ4n) is 4.99. The molecule has 1 saturated carbocycles. The number of halogens is 1. The molecular formula is C27H34FNO5. The third-order valence-corrected chi connectivity index (χ3v) is 7.12. The lowest BCUT2D eigenvalue weighted by Crippen LogP contribution is -2.46. The second-order valence-corrected chi connectivity index (χ2v) is 9.54. The van der Waals surface area contributed by atoms with Crippen molar-refractivity contribution in [2.45, 2.75) is 83.5 Å². The van der Waals surface area contributed by atoms with Crippen molar-refractivity contribution < 1.29 is 28.6 Å². The van der Waals surface area contributed by atoms with Crippen molar-refractivity contribution in [3.63, 3.8) is 0 Å². The van der Waals surface area contributed by atoms with E-state index in [0.29, 0.717) is 6.42 Å². The molecule has 1 aromatic heterocycles. The Bertz CT molecular complexity index is 1010. The van der Waals surface area contributed by atoms with Crippen LogP contribution in [0, 0.1) is 11.9 Å². The molecule has 3 atom stereocenters. The number of aromatic nitrogens is 1. The summed E-state index contributed by atoms with van der Waals surface area (Å²) in [5.74, 6) is -2.28. The molecule has 1 aliphatic carbocycles. The lowest BCUT2D eigenvalue weighted by Gasteiger charge is -2.43. The number of ether oxygens (including phenoxy) is 2. The van der Waals surface area contributed by atoms with Gasteiger partial charge in [0.2, 0.25) is 5.95 Å². The molecule has 1 fully saturated rings. The van der Waals surface area contributed by atoms with E-state index in [2.05, 4.69) is 31.0 Å². The van der Waals surface area contributed by atoms with Crippen molar-refractivity contribution in [2.24, 2.45) is 5.92 Å². The van der Waals surface area contributed by atoms with Crippen molar-refractivity contribution in [1.29, 1.82) is 0 Å². The number of hydrogen-bond acceptors (Lipinski definition) is 6. The Hall–Kier alpha value is -2.80. The summed E-state index contributed by atoms with van der Waals surface area (Å²) in [6.07, 6.45) is 4.29. The predicted molar refractivity (Wildman–Crippen MR) is 125 cm³/mol. The number of carbonyl (C=O) groups is 2. The van der Waals surface area contributed by atoms with E-state index in [1.165, 1.54) is 19.2 Å². The molecule has 0 unspecified atom stereocenters. The van der Waals surface area contributed by atoms with Crippen LogP contribution in [0.4, 0.5) is 4.39 Å². The first-order valence-corrected chi connectivity index (χ1v) is 11.9. The van der Waals surface area contributed by atoms with Crippen LogP contribution < -0.4 is 0 Å².